The normalized spacial score (nSPS) is 10.3. The maximum Gasteiger partial charge on any atom is 0.273 e. The van der Waals surface area contributed by atoms with Gasteiger partial charge in [-0.15, -0.1) is 0 Å². The predicted molar refractivity (Wildman–Crippen MR) is 72.0 cm³/mol. The second kappa shape index (κ2) is 5.24. The van der Waals surface area contributed by atoms with Crippen molar-refractivity contribution in [3.8, 4) is 5.69 Å². The van der Waals surface area contributed by atoms with Crippen molar-refractivity contribution in [2.24, 2.45) is 0 Å². The summed E-state index contributed by atoms with van der Waals surface area (Å²) in [6, 6.07) is 6.51. The van der Waals surface area contributed by atoms with Crippen molar-refractivity contribution in [2.75, 3.05) is 14.1 Å². The molecule has 0 atom stereocenters. The molecule has 0 radical (unpaired) electrons. The highest BCUT2D eigenvalue weighted by Crippen LogP contribution is 2.18. The van der Waals surface area contributed by atoms with Gasteiger partial charge in [0.2, 0.25) is 0 Å². The van der Waals surface area contributed by atoms with Crippen molar-refractivity contribution in [1.29, 1.82) is 0 Å². The molecule has 0 unspecified atom stereocenters. The van der Waals surface area contributed by atoms with E-state index in [4.69, 9.17) is 11.6 Å². The molecule has 0 saturated heterocycles. The van der Waals surface area contributed by atoms with Gasteiger partial charge in [-0.2, -0.15) is 5.10 Å². The van der Waals surface area contributed by atoms with E-state index in [1.165, 1.54) is 9.58 Å². The van der Waals surface area contributed by atoms with E-state index in [9.17, 15) is 9.59 Å². The predicted octanol–water partition coefficient (Wildman–Crippen LogP) is 2.04. The van der Waals surface area contributed by atoms with E-state index in [0.29, 0.717) is 28.3 Å². The van der Waals surface area contributed by atoms with Crippen molar-refractivity contribution in [1.82, 2.24) is 14.7 Å². The highest BCUT2D eigenvalue weighted by Gasteiger charge is 2.13. The first-order chi connectivity index (χ1) is 9.02. The third-order valence-corrected chi connectivity index (χ3v) is 2.81. The largest absolute Gasteiger partial charge is 0.343 e. The van der Waals surface area contributed by atoms with Crippen LogP contribution in [-0.2, 0) is 0 Å². The van der Waals surface area contributed by atoms with Gasteiger partial charge in [0, 0.05) is 30.9 Å². The lowest BCUT2D eigenvalue weighted by Crippen LogP contribution is -2.22. The van der Waals surface area contributed by atoms with Gasteiger partial charge >= 0.3 is 0 Å². The van der Waals surface area contributed by atoms with Gasteiger partial charge in [0.25, 0.3) is 5.91 Å². The van der Waals surface area contributed by atoms with Crippen molar-refractivity contribution >= 4 is 23.8 Å². The lowest BCUT2D eigenvalue weighted by Gasteiger charge is -2.07. The van der Waals surface area contributed by atoms with Crippen LogP contribution in [0.1, 0.15) is 20.8 Å². The average molecular weight is 278 g/mol. The summed E-state index contributed by atoms with van der Waals surface area (Å²) in [4.78, 5) is 24.2. The Kier molecular flexibility index (Phi) is 3.66. The number of rotatable bonds is 3. The molecule has 0 aliphatic heterocycles. The van der Waals surface area contributed by atoms with Gasteiger partial charge < -0.3 is 4.90 Å². The molecule has 0 N–H and O–H groups in total. The first-order valence-corrected chi connectivity index (χ1v) is 5.93. The van der Waals surface area contributed by atoms with E-state index in [0.717, 1.165) is 0 Å². The van der Waals surface area contributed by atoms with Crippen LogP contribution in [0.2, 0.25) is 5.02 Å². The molecule has 0 bridgehead atoms. The lowest BCUT2D eigenvalue weighted by atomic mass is 10.2. The Hall–Kier alpha value is -2.14. The number of amides is 1. The summed E-state index contributed by atoms with van der Waals surface area (Å²) >= 11 is 5.83. The maximum absolute atomic E-state index is 11.8. The molecular formula is C13H12ClN3O2. The SMILES string of the molecule is CN(C)C(=O)c1ccn(-c2ccc(Cl)cc2C=O)n1. The molecule has 0 fully saturated rings. The Morgan fingerprint density at radius 3 is 2.74 bits per heavy atom. The van der Waals surface area contributed by atoms with Crippen LogP contribution in [0.15, 0.2) is 30.5 Å². The van der Waals surface area contributed by atoms with Crippen molar-refractivity contribution in [3.63, 3.8) is 0 Å². The lowest BCUT2D eigenvalue weighted by molar-refractivity contribution is 0.0821. The minimum atomic E-state index is -0.194. The summed E-state index contributed by atoms with van der Waals surface area (Å²) in [6.45, 7) is 0. The number of carbonyl (C=O) groups excluding carboxylic acids is 2. The smallest absolute Gasteiger partial charge is 0.273 e. The zero-order valence-corrected chi connectivity index (χ0v) is 11.3. The number of nitrogens with zero attached hydrogens (tertiary/aromatic N) is 3. The van der Waals surface area contributed by atoms with Crippen LogP contribution in [0.5, 0.6) is 0 Å². The van der Waals surface area contributed by atoms with Crippen LogP contribution in [0, 0.1) is 0 Å². The molecular weight excluding hydrogens is 266 g/mol. The molecule has 19 heavy (non-hydrogen) atoms. The Morgan fingerprint density at radius 1 is 1.37 bits per heavy atom. The summed E-state index contributed by atoms with van der Waals surface area (Å²) in [6.07, 6.45) is 2.34. The van der Waals surface area contributed by atoms with Gasteiger partial charge in [0.1, 0.15) is 0 Å². The highest BCUT2D eigenvalue weighted by atomic mass is 35.5. The molecule has 1 amide bonds. The molecule has 1 heterocycles. The van der Waals surface area contributed by atoms with Gasteiger partial charge in [-0.25, -0.2) is 4.68 Å². The van der Waals surface area contributed by atoms with Crippen LogP contribution in [0.25, 0.3) is 5.69 Å². The minimum absolute atomic E-state index is 0.194. The molecule has 5 nitrogen and oxygen atoms in total. The highest BCUT2D eigenvalue weighted by molar-refractivity contribution is 6.30. The molecule has 1 aromatic carbocycles. The van der Waals surface area contributed by atoms with Gasteiger partial charge in [0.05, 0.1) is 5.69 Å². The van der Waals surface area contributed by atoms with Crippen molar-refractivity contribution < 1.29 is 9.59 Å². The fourth-order valence-corrected chi connectivity index (χ4v) is 1.81. The maximum atomic E-state index is 11.8. The molecule has 98 valence electrons. The third kappa shape index (κ3) is 2.66. The number of hydrogen-bond acceptors (Lipinski definition) is 3. The van der Waals surface area contributed by atoms with Crippen LogP contribution in [-0.4, -0.2) is 41.0 Å². The van der Waals surface area contributed by atoms with E-state index in [2.05, 4.69) is 5.10 Å². The third-order valence-electron chi connectivity index (χ3n) is 2.58. The molecule has 1 aromatic heterocycles. The van der Waals surface area contributed by atoms with Crippen molar-refractivity contribution in [2.45, 2.75) is 0 Å². The molecule has 0 saturated carbocycles. The van der Waals surface area contributed by atoms with Crippen LogP contribution < -0.4 is 0 Å². The quantitative estimate of drug-likeness (QED) is 0.807. The molecule has 0 aliphatic rings. The van der Waals surface area contributed by atoms with Gasteiger partial charge in [-0.3, -0.25) is 9.59 Å². The standard InChI is InChI=1S/C13H12ClN3O2/c1-16(2)13(19)11-5-6-17(15-11)12-4-3-10(14)7-9(12)8-18/h3-8H,1-2H3. The number of aldehydes is 1. The number of aromatic nitrogens is 2. The van der Waals surface area contributed by atoms with Gasteiger partial charge in [-0.1, -0.05) is 11.6 Å². The fraction of sp³-hybridized carbons (Fsp3) is 0.154. The van der Waals surface area contributed by atoms with Gasteiger partial charge in [-0.05, 0) is 24.3 Å². The summed E-state index contributed by atoms with van der Waals surface area (Å²) in [7, 11) is 3.31. The second-order valence-corrected chi connectivity index (χ2v) is 4.60. The summed E-state index contributed by atoms with van der Waals surface area (Å²) in [5.41, 5.74) is 1.31. The number of hydrogen-bond donors (Lipinski definition) is 0. The molecule has 2 rings (SSSR count). The van der Waals surface area contributed by atoms with E-state index >= 15 is 0 Å². The number of halogens is 1. The van der Waals surface area contributed by atoms with E-state index in [1.54, 1.807) is 44.6 Å². The minimum Gasteiger partial charge on any atom is -0.343 e. The van der Waals surface area contributed by atoms with Crippen molar-refractivity contribution in [3.05, 3.63) is 46.7 Å². The Morgan fingerprint density at radius 2 is 2.11 bits per heavy atom. The van der Waals surface area contributed by atoms with Crippen LogP contribution in [0.4, 0.5) is 0 Å². The van der Waals surface area contributed by atoms with Crippen LogP contribution in [0.3, 0.4) is 0 Å². The first-order valence-electron chi connectivity index (χ1n) is 5.55. The van der Waals surface area contributed by atoms with E-state index < -0.39 is 0 Å². The molecule has 0 aliphatic carbocycles. The topological polar surface area (TPSA) is 55.2 Å². The fourth-order valence-electron chi connectivity index (χ4n) is 1.63. The Labute approximate surface area is 115 Å². The molecule has 2 aromatic rings. The monoisotopic (exact) mass is 277 g/mol. The Balaban J connectivity index is 2.43. The average Bonchev–Trinajstić information content (AvgIpc) is 2.86. The van der Waals surface area contributed by atoms with Crippen LogP contribution >= 0.6 is 11.6 Å². The van der Waals surface area contributed by atoms with E-state index in [1.807, 2.05) is 0 Å². The number of carbonyl (C=O) groups is 2. The zero-order valence-electron chi connectivity index (χ0n) is 10.5. The zero-order chi connectivity index (χ0) is 14.0. The first kappa shape index (κ1) is 13.3. The summed E-state index contributed by atoms with van der Waals surface area (Å²) in [5, 5.41) is 4.64. The van der Waals surface area contributed by atoms with Gasteiger partial charge in [0.15, 0.2) is 12.0 Å². The number of benzene rings is 1. The molecule has 6 heteroatoms. The molecule has 0 spiro atoms. The second-order valence-electron chi connectivity index (χ2n) is 4.17. The Bertz CT molecular complexity index is 635. The summed E-state index contributed by atoms with van der Waals surface area (Å²) in [5.74, 6) is -0.194. The van der Waals surface area contributed by atoms with E-state index in [-0.39, 0.29) is 5.91 Å². The summed E-state index contributed by atoms with van der Waals surface area (Å²) < 4.78 is 1.48.